The molecule has 0 spiro atoms. The van der Waals surface area contributed by atoms with Crippen molar-refractivity contribution < 1.29 is 26.3 Å². The Morgan fingerprint density at radius 1 is 1.11 bits per heavy atom. The molecule has 0 bridgehead atoms. The van der Waals surface area contributed by atoms with Crippen LogP contribution >= 0.6 is 0 Å². The average Bonchev–Trinajstić information content (AvgIpc) is 2.63. The highest BCUT2D eigenvalue weighted by molar-refractivity contribution is 5.80. The summed E-state index contributed by atoms with van der Waals surface area (Å²) in [6, 6.07) is 4.61. The maximum Gasteiger partial charge on any atom is 0.416 e. The zero-order valence-electron chi connectivity index (χ0n) is 15.2. The first-order valence-corrected chi connectivity index (χ1v) is 8.79. The Balaban J connectivity index is 1.82. The van der Waals surface area contributed by atoms with Crippen LogP contribution in [0.2, 0.25) is 0 Å². The Morgan fingerprint density at radius 2 is 1.79 bits per heavy atom. The minimum Gasteiger partial charge on any atom is -0.354 e. The number of hydrogen-bond acceptors (Lipinski definition) is 1. The van der Waals surface area contributed by atoms with Gasteiger partial charge in [-0.25, -0.2) is 0 Å². The Morgan fingerprint density at radius 3 is 2.36 bits per heavy atom. The van der Waals surface area contributed by atoms with E-state index in [1.807, 2.05) is 0 Å². The van der Waals surface area contributed by atoms with Crippen LogP contribution in [0.5, 0.6) is 0 Å². The molecule has 9 heteroatoms. The van der Waals surface area contributed by atoms with Crippen LogP contribution in [0.25, 0.3) is 0 Å². The van der Waals surface area contributed by atoms with Gasteiger partial charge < -0.3 is 10.6 Å². The van der Waals surface area contributed by atoms with Crippen molar-refractivity contribution in [3.8, 4) is 11.8 Å². The number of nitrogens with zero attached hydrogens (tertiary/aromatic N) is 1. The summed E-state index contributed by atoms with van der Waals surface area (Å²) in [5, 5.41) is 5.95. The molecule has 1 fully saturated rings. The van der Waals surface area contributed by atoms with Crippen LogP contribution in [-0.2, 0) is 6.18 Å². The predicted molar refractivity (Wildman–Crippen MR) is 94.6 cm³/mol. The molecule has 0 amide bonds. The number of alkyl halides is 6. The monoisotopic (exact) mass is 405 g/mol. The van der Waals surface area contributed by atoms with Gasteiger partial charge >= 0.3 is 12.4 Å². The van der Waals surface area contributed by atoms with Gasteiger partial charge in [-0.15, -0.1) is 0 Å². The third kappa shape index (κ3) is 6.66. The zero-order chi connectivity index (χ0) is 20.8. The van der Waals surface area contributed by atoms with E-state index < -0.39 is 23.8 Å². The number of nitrogens with one attached hydrogen (secondary N) is 2. The fourth-order valence-electron chi connectivity index (χ4n) is 3.00. The van der Waals surface area contributed by atoms with Crippen LogP contribution in [0, 0.1) is 17.8 Å². The molecule has 0 radical (unpaired) electrons. The lowest BCUT2D eigenvalue weighted by Crippen LogP contribution is -2.45. The summed E-state index contributed by atoms with van der Waals surface area (Å²) >= 11 is 0. The van der Waals surface area contributed by atoms with Crippen molar-refractivity contribution in [2.24, 2.45) is 10.9 Å². The molecule has 0 saturated heterocycles. The fourth-order valence-corrected chi connectivity index (χ4v) is 3.00. The van der Waals surface area contributed by atoms with Crippen molar-refractivity contribution in [1.29, 1.82) is 0 Å². The van der Waals surface area contributed by atoms with E-state index in [1.54, 1.807) is 0 Å². The molecule has 154 valence electrons. The molecular weight excluding hydrogens is 384 g/mol. The third-order valence-corrected chi connectivity index (χ3v) is 4.52. The van der Waals surface area contributed by atoms with Gasteiger partial charge in [0.25, 0.3) is 0 Å². The molecule has 0 heterocycles. The molecule has 0 aliphatic heterocycles. The lowest BCUT2D eigenvalue weighted by Gasteiger charge is -2.31. The van der Waals surface area contributed by atoms with Gasteiger partial charge in [0.2, 0.25) is 0 Å². The highest BCUT2D eigenvalue weighted by Crippen LogP contribution is 2.37. The lowest BCUT2D eigenvalue weighted by molar-refractivity contribution is -0.182. The highest BCUT2D eigenvalue weighted by Gasteiger charge is 2.41. The number of guanidine groups is 1. The number of hydrogen-bond donors (Lipinski definition) is 2. The average molecular weight is 405 g/mol. The predicted octanol–water partition coefficient (Wildman–Crippen LogP) is 4.34. The van der Waals surface area contributed by atoms with E-state index in [2.05, 4.69) is 27.5 Å². The zero-order valence-corrected chi connectivity index (χ0v) is 15.2. The van der Waals surface area contributed by atoms with Crippen molar-refractivity contribution in [1.82, 2.24) is 10.6 Å². The van der Waals surface area contributed by atoms with Crippen molar-refractivity contribution in [3.63, 3.8) is 0 Å². The van der Waals surface area contributed by atoms with Crippen molar-refractivity contribution >= 4 is 5.96 Å². The molecule has 28 heavy (non-hydrogen) atoms. The molecule has 1 aliphatic carbocycles. The van der Waals surface area contributed by atoms with E-state index in [1.165, 1.54) is 19.2 Å². The summed E-state index contributed by atoms with van der Waals surface area (Å²) in [6.45, 7) is 0.133. The van der Waals surface area contributed by atoms with Crippen LogP contribution in [0.15, 0.2) is 29.3 Å². The summed E-state index contributed by atoms with van der Waals surface area (Å²) in [4.78, 5) is 4.00. The first kappa shape index (κ1) is 21.9. The second-order valence-electron chi connectivity index (χ2n) is 6.54. The van der Waals surface area contributed by atoms with E-state index in [-0.39, 0.29) is 31.0 Å². The van der Waals surface area contributed by atoms with Gasteiger partial charge in [0, 0.05) is 18.7 Å². The summed E-state index contributed by atoms with van der Waals surface area (Å²) in [7, 11) is 1.52. The smallest absolute Gasteiger partial charge is 0.354 e. The van der Waals surface area contributed by atoms with Gasteiger partial charge in [-0.3, -0.25) is 4.99 Å². The summed E-state index contributed by atoms with van der Waals surface area (Å²) in [6.07, 6.45) is -7.64. The maximum absolute atomic E-state index is 12.7. The summed E-state index contributed by atoms with van der Waals surface area (Å²) in [5.74, 6) is 4.50. The van der Waals surface area contributed by atoms with Gasteiger partial charge in [-0.05, 0) is 43.9 Å². The van der Waals surface area contributed by atoms with Crippen molar-refractivity contribution in [2.45, 2.75) is 44.1 Å². The van der Waals surface area contributed by atoms with Crippen LogP contribution < -0.4 is 10.6 Å². The van der Waals surface area contributed by atoms with Crippen LogP contribution in [-0.4, -0.2) is 31.8 Å². The van der Waals surface area contributed by atoms with E-state index >= 15 is 0 Å². The minimum atomic E-state index is -4.42. The molecule has 0 atom stereocenters. The van der Waals surface area contributed by atoms with Crippen molar-refractivity contribution in [3.05, 3.63) is 35.4 Å². The lowest BCUT2D eigenvalue weighted by atomic mass is 9.85. The van der Waals surface area contributed by atoms with E-state index in [9.17, 15) is 26.3 Å². The van der Waals surface area contributed by atoms with Crippen LogP contribution in [0.4, 0.5) is 26.3 Å². The maximum atomic E-state index is 12.7. The Labute approximate surface area is 159 Å². The molecule has 2 N–H and O–H groups in total. The van der Waals surface area contributed by atoms with Gasteiger partial charge in [-0.2, -0.15) is 26.3 Å². The standard InChI is InChI=1S/C19H21F6N3/c1-26-17(28-16-9-7-14(8-10-16)18(20,21)22)27-11-3-5-13-4-2-6-15(12-13)19(23,24)25/h2,4,6,12,14,16H,7-11H2,1H3,(H2,26,27,28). The molecule has 1 aliphatic rings. The third-order valence-electron chi connectivity index (χ3n) is 4.52. The van der Waals surface area contributed by atoms with Gasteiger partial charge in [0.05, 0.1) is 18.0 Å². The SMILES string of the molecule is CN=C(NCC#Cc1cccc(C(F)(F)F)c1)NC1CCC(C(F)(F)F)CC1. The second-order valence-corrected chi connectivity index (χ2v) is 6.54. The highest BCUT2D eigenvalue weighted by atomic mass is 19.4. The molecule has 0 aromatic heterocycles. The summed E-state index contributed by atoms with van der Waals surface area (Å²) in [5.41, 5.74) is -0.524. The molecule has 3 nitrogen and oxygen atoms in total. The van der Waals surface area contributed by atoms with Gasteiger partial charge in [0.1, 0.15) is 0 Å². The second kappa shape index (κ2) is 9.22. The topological polar surface area (TPSA) is 36.4 Å². The van der Waals surface area contributed by atoms with Crippen LogP contribution in [0.1, 0.15) is 36.8 Å². The fraction of sp³-hybridized carbons (Fsp3) is 0.526. The number of benzene rings is 1. The van der Waals surface area contributed by atoms with E-state index in [0.29, 0.717) is 18.8 Å². The van der Waals surface area contributed by atoms with Crippen LogP contribution in [0.3, 0.4) is 0 Å². The van der Waals surface area contributed by atoms with Gasteiger partial charge in [0.15, 0.2) is 5.96 Å². The molecule has 0 unspecified atom stereocenters. The molecular formula is C19H21F6N3. The molecule has 1 aromatic carbocycles. The first-order chi connectivity index (χ1) is 13.1. The number of aliphatic imine (C=N–C) groups is 1. The normalized spacial score (nSPS) is 20.9. The van der Waals surface area contributed by atoms with Gasteiger partial charge in [-0.1, -0.05) is 17.9 Å². The Hall–Kier alpha value is -2.37. The number of halogens is 6. The largest absolute Gasteiger partial charge is 0.416 e. The van der Waals surface area contributed by atoms with E-state index in [4.69, 9.17) is 0 Å². The minimum absolute atomic E-state index is 0.0769. The number of rotatable bonds is 2. The summed E-state index contributed by atoms with van der Waals surface area (Å²) < 4.78 is 76.1. The molecule has 1 aromatic rings. The van der Waals surface area contributed by atoms with Crippen molar-refractivity contribution in [2.75, 3.05) is 13.6 Å². The molecule has 1 saturated carbocycles. The first-order valence-electron chi connectivity index (χ1n) is 8.79. The molecule has 2 rings (SSSR count). The Kier molecular flexibility index (Phi) is 7.22. The van der Waals surface area contributed by atoms with E-state index in [0.717, 1.165) is 12.1 Å². The Bertz CT molecular complexity index is 735. The quantitative estimate of drug-likeness (QED) is 0.332.